The Morgan fingerprint density at radius 1 is 1.28 bits per heavy atom. The van der Waals surface area contributed by atoms with Crippen LogP contribution < -0.4 is 5.32 Å². The molecule has 0 radical (unpaired) electrons. The standard InChI is InChI=1S/C21H28ClN5O2/c1-15-13-17(5-6-18(15)22)14-25(4)21(3)8-11-26(12-9-21)20(29)27-10-7-19(24-27)23-16(2)28/h5-7,10,13H,8-9,11-12,14H2,1-4H3,(H,23,24,28). The van der Waals surface area contributed by atoms with Gasteiger partial charge < -0.3 is 10.2 Å². The molecular formula is C21H28ClN5O2. The number of halogens is 1. The highest BCUT2D eigenvalue weighted by molar-refractivity contribution is 6.31. The van der Waals surface area contributed by atoms with Crippen molar-refractivity contribution in [2.75, 3.05) is 25.5 Å². The molecule has 0 atom stereocenters. The van der Waals surface area contributed by atoms with Crippen molar-refractivity contribution in [2.24, 2.45) is 0 Å². The normalized spacial score (nSPS) is 16.1. The molecule has 2 aromatic rings. The maximum absolute atomic E-state index is 12.7. The number of hydrogen-bond donors (Lipinski definition) is 1. The predicted molar refractivity (Wildman–Crippen MR) is 114 cm³/mol. The van der Waals surface area contributed by atoms with Crippen LogP contribution >= 0.6 is 11.6 Å². The molecule has 0 aliphatic carbocycles. The van der Waals surface area contributed by atoms with Gasteiger partial charge in [-0.05, 0) is 50.9 Å². The van der Waals surface area contributed by atoms with E-state index in [9.17, 15) is 9.59 Å². The fourth-order valence-electron chi connectivity index (χ4n) is 3.65. The number of nitrogens with zero attached hydrogens (tertiary/aromatic N) is 4. The number of aromatic nitrogens is 2. The van der Waals surface area contributed by atoms with Gasteiger partial charge in [0.05, 0.1) is 0 Å². The zero-order valence-corrected chi connectivity index (χ0v) is 18.2. The lowest BCUT2D eigenvalue weighted by molar-refractivity contribution is -0.114. The van der Waals surface area contributed by atoms with Gasteiger partial charge in [-0.3, -0.25) is 9.69 Å². The average Bonchev–Trinajstić information content (AvgIpc) is 3.12. The molecule has 0 saturated carbocycles. The van der Waals surface area contributed by atoms with E-state index in [0.717, 1.165) is 30.0 Å². The van der Waals surface area contributed by atoms with Crippen molar-refractivity contribution in [2.45, 2.75) is 45.7 Å². The van der Waals surface area contributed by atoms with Gasteiger partial charge in [-0.15, -0.1) is 5.10 Å². The summed E-state index contributed by atoms with van der Waals surface area (Å²) in [4.78, 5) is 28.0. The quantitative estimate of drug-likeness (QED) is 0.822. The summed E-state index contributed by atoms with van der Waals surface area (Å²) in [5, 5.41) is 7.51. The molecule has 7 nitrogen and oxygen atoms in total. The molecule has 0 bridgehead atoms. The third-order valence-electron chi connectivity index (χ3n) is 5.76. The van der Waals surface area contributed by atoms with Crippen LogP contribution in [-0.4, -0.2) is 57.2 Å². The number of piperidine rings is 1. The summed E-state index contributed by atoms with van der Waals surface area (Å²) < 4.78 is 1.29. The lowest BCUT2D eigenvalue weighted by Crippen LogP contribution is -2.53. The fraction of sp³-hybridized carbons (Fsp3) is 0.476. The van der Waals surface area contributed by atoms with Crippen LogP contribution in [0.4, 0.5) is 10.6 Å². The molecule has 156 valence electrons. The third kappa shape index (κ3) is 4.97. The van der Waals surface area contributed by atoms with Crippen LogP contribution in [0, 0.1) is 6.92 Å². The average molecular weight is 418 g/mol. The van der Waals surface area contributed by atoms with Gasteiger partial charge >= 0.3 is 6.03 Å². The summed E-state index contributed by atoms with van der Waals surface area (Å²) in [6, 6.07) is 7.60. The van der Waals surface area contributed by atoms with Gasteiger partial charge in [-0.25, -0.2) is 4.79 Å². The van der Waals surface area contributed by atoms with Crippen LogP contribution in [-0.2, 0) is 11.3 Å². The summed E-state index contributed by atoms with van der Waals surface area (Å²) >= 11 is 6.14. The van der Waals surface area contributed by atoms with Crippen LogP contribution in [0.3, 0.4) is 0 Å². The maximum atomic E-state index is 12.7. The van der Waals surface area contributed by atoms with Crippen LogP contribution in [0.25, 0.3) is 0 Å². The molecule has 1 N–H and O–H groups in total. The van der Waals surface area contributed by atoms with Crippen LogP contribution in [0.1, 0.15) is 37.8 Å². The van der Waals surface area contributed by atoms with Gasteiger partial charge in [0.25, 0.3) is 0 Å². The molecule has 1 aromatic carbocycles. The van der Waals surface area contributed by atoms with Gasteiger partial charge in [-0.1, -0.05) is 23.7 Å². The van der Waals surface area contributed by atoms with E-state index in [1.165, 1.54) is 17.2 Å². The summed E-state index contributed by atoms with van der Waals surface area (Å²) in [6.07, 6.45) is 3.33. The van der Waals surface area contributed by atoms with Crippen LogP contribution in [0.15, 0.2) is 30.5 Å². The number of hydrogen-bond acceptors (Lipinski definition) is 4. The second-order valence-corrected chi connectivity index (χ2v) is 8.44. The molecule has 0 spiro atoms. The molecule has 1 aliphatic rings. The Bertz CT molecular complexity index is 902. The van der Waals surface area contributed by atoms with E-state index in [0.29, 0.717) is 18.9 Å². The summed E-state index contributed by atoms with van der Waals surface area (Å²) in [5.41, 5.74) is 2.33. The van der Waals surface area contributed by atoms with Crippen molar-refractivity contribution >= 4 is 29.4 Å². The Kier molecular flexibility index (Phi) is 6.29. The lowest BCUT2D eigenvalue weighted by Gasteiger charge is -2.45. The highest BCUT2D eigenvalue weighted by Crippen LogP contribution is 2.29. The first kappa shape index (κ1) is 21.3. The summed E-state index contributed by atoms with van der Waals surface area (Å²) in [7, 11) is 2.13. The molecule has 29 heavy (non-hydrogen) atoms. The molecule has 2 amide bonds. The number of carbonyl (C=O) groups is 2. The van der Waals surface area contributed by atoms with Crippen molar-refractivity contribution in [3.63, 3.8) is 0 Å². The van der Waals surface area contributed by atoms with E-state index in [2.05, 4.69) is 41.4 Å². The molecular weight excluding hydrogens is 390 g/mol. The number of nitrogens with one attached hydrogen (secondary N) is 1. The number of carbonyl (C=O) groups excluding carboxylic acids is 2. The van der Waals surface area contributed by atoms with E-state index in [4.69, 9.17) is 11.6 Å². The lowest BCUT2D eigenvalue weighted by atomic mass is 9.87. The molecule has 2 heterocycles. The SMILES string of the molecule is CC(=O)Nc1ccn(C(=O)N2CCC(C)(N(C)Cc3ccc(Cl)c(C)c3)CC2)n1. The Balaban J connectivity index is 1.59. The smallest absolute Gasteiger partial charge is 0.323 e. The Morgan fingerprint density at radius 2 is 1.97 bits per heavy atom. The zero-order chi connectivity index (χ0) is 21.2. The van der Waals surface area contributed by atoms with Crippen molar-refractivity contribution in [3.05, 3.63) is 46.6 Å². The van der Waals surface area contributed by atoms with E-state index in [1.54, 1.807) is 12.3 Å². The Morgan fingerprint density at radius 3 is 2.59 bits per heavy atom. The zero-order valence-electron chi connectivity index (χ0n) is 17.4. The number of benzene rings is 1. The topological polar surface area (TPSA) is 70.5 Å². The highest BCUT2D eigenvalue weighted by atomic mass is 35.5. The van der Waals surface area contributed by atoms with Crippen molar-refractivity contribution in [3.8, 4) is 0 Å². The van der Waals surface area contributed by atoms with Gasteiger partial charge in [0.1, 0.15) is 0 Å². The predicted octanol–water partition coefficient (Wildman–Crippen LogP) is 3.76. The van der Waals surface area contributed by atoms with Crippen molar-refractivity contribution in [1.82, 2.24) is 19.6 Å². The first-order valence-electron chi connectivity index (χ1n) is 9.77. The maximum Gasteiger partial charge on any atom is 0.344 e. The van der Waals surface area contributed by atoms with Crippen molar-refractivity contribution in [1.29, 1.82) is 0 Å². The summed E-state index contributed by atoms with van der Waals surface area (Å²) in [6.45, 7) is 7.84. The Hall–Kier alpha value is -2.38. The molecule has 1 saturated heterocycles. The minimum Gasteiger partial charge on any atom is -0.323 e. The number of likely N-dealkylation sites (tertiary alicyclic amines) is 1. The molecule has 1 aliphatic heterocycles. The monoisotopic (exact) mass is 417 g/mol. The van der Waals surface area contributed by atoms with Gasteiger partial charge in [-0.2, -0.15) is 4.68 Å². The van der Waals surface area contributed by atoms with Crippen molar-refractivity contribution < 1.29 is 9.59 Å². The molecule has 3 rings (SSSR count). The van der Waals surface area contributed by atoms with Gasteiger partial charge in [0, 0.05) is 49.4 Å². The van der Waals surface area contributed by atoms with E-state index < -0.39 is 0 Å². The van der Waals surface area contributed by atoms with E-state index in [-0.39, 0.29) is 17.5 Å². The number of anilines is 1. The molecule has 0 unspecified atom stereocenters. The summed E-state index contributed by atoms with van der Waals surface area (Å²) in [5.74, 6) is 0.168. The van der Waals surface area contributed by atoms with Gasteiger partial charge in [0.2, 0.25) is 5.91 Å². The van der Waals surface area contributed by atoms with Crippen LogP contribution in [0.5, 0.6) is 0 Å². The second kappa shape index (κ2) is 8.55. The van der Waals surface area contributed by atoms with Crippen LogP contribution in [0.2, 0.25) is 5.02 Å². The third-order valence-corrected chi connectivity index (χ3v) is 6.19. The minimum absolute atomic E-state index is 0.00971. The number of aryl methyl sites for hydroxylation is 1. The highest BCUT2D eigenvalue weighted by Gasteiger charge is 2.35. The first-order valence-corrected chi connectivity index (χ1v) is 10.1. The molecule has 1 aromatic heterocycles. The number of rotatable bonds is 4. The van der Waals surface area contributed by atoms with E-state index >= 15 is 0 Å². The van der Waals surface area contributed by atoms with E-state index in [1.807, 2.05) is 17.9 Å². The first-order chi connectivity index (χ1) is 13.7. The molecule has 1 fully saturated rings. The fourth-order valence-corrected chi connectivity index (χ4v) is 3.77. The second-order valence-electron chi connectivity index (χ2n) is 8.03. The number of amides is 2. The largest absolute Gasteiger partial charge is 0.344 e. The minimum atomic E-state index is -0.213. The molecule has 8 heteroatoms. The Labute approximate surface area is 176 Å². The van der Waals surface area contributed by atoms with Gasteiger partial charge in [0.15, 0.2) is 5.82 Å².